The van der Waals surface area contributed by atoms with Crippen molar-refractivity contribution in [3.63, 3.8) is 0 Å². The van der Waals surface area contributed by atoms with E-state index in [0.717, 1.165) is 62.3 Å². The maximum Gasteiger partial charge on any atom is 0.132 e. The zero-order valence-corrected chi connectivity index (χ0v) is 37.4. The zero-order chi connectivity index (χ0) is 45.3. The molecule has 0 atom stereocenters. The zero-order valence-electron chi connectivity index (χ0n) is 37.4. The number of fused-ring (bicyclic) bond motifs is 19. The van der Waals surface area contributed by atoms with Crippen molar-refractivity contribution in [2.24, 2.45) is 0 Å². The van der Waals surface area contributed by atoms with Crippen LogP contribution in [0.2, 0.25) is 0 Å². The van der Waals surface area contributed by atoms with Gasteiger partial charge in [0.25, 0.3) is 0 Å². The Morgan fingerprint density at radius 2 is 0.739 bits per heavy atom. The molecule has 11 aromatic rings. The van der Waals surface area contributed by atoms with Gasteiger partial charge in [-0.15, -0.1) is 0 Å². The second-order valence-electron chi connectivity index (χ2n) is 18.7. The highest BCUT2D eigenvalue weighted by Crippen LogP contribution is 2.65. The average molecular weight is 880 g/mol. The summed E-state index contributed by atoms with van der Waals surface area (Å²) in [5.41, 5.74) is 19.1. The van der Waals surface area contributed by atoms with Crippen molar-refractivity contribution in [2.75, 3.05) is 4.90 Å². The van der Waals surface area contributed by atoms with Gasteiger partial charge in [0.05, 0.1) is 16.5 Å². The molecule has 0 unspecified atom stereocenters. The van der Waals surface area contributed by atoms with Gasteiger partial charge in [-0.1, -0.05) is 182 Å². The Bertz CT molecular complexity index is 3830. The minimum Gasteiger partial charge on any atom is -0.457 e. The van der Waals surface area contributed by atoms with Crippen molar-refractivity contribution in [1.82, 2.24) is 0 Å². The van der Waals surface area contributed by atoms with Gasteiger partial charge in [0, 0.05) is 39.2 Å². The van der Waals surface area contributed by atoms with Gasteiger partial charge in [0.15, 0.2) is 0 Å². The van der Waals surface area contributed by atoms with Gasteiger partial charge in [0.1, 0.15) is 23.0 Å². The molecular weight excluding hydrogens is 839 g/mol. The molecular formula is C66H41NO2. The summed E-state index contributed by atoms with van der Waals surface area (Å²) in [7, 11) is 0. The van der Waals surface area contributed by atoms with Crippen molar-refractivity contribution in [1.29, 1.82) is 0 Å². The Morgan fingerprint density at radius 3 is 1.35 bits per heavy atom. The predicted molar refractivity (Wildman–Crippen MR) is 279 cm³/mol. The molecule has 0 radical (unpaired) electrons. The van der Waals surface area contributed by atoms with E-state index in [0.29, 0.717) is 0 Å². The lowest BCUT2D eigenvalue weighted by Gasteiger charge is -2.39. The topological polar surface area (TPSA) is 21.7 Å². The highest BCUT2D eigenvalue weighted by atomic mass is 16.5. The minimum atomic E-state index is -0.597. The first-order valence-electron chi connectivity index (χ1n) is 23.8. The van der Waals surface area contributed by atoms with Gasteiger partial charge in [0.2, 0.25) is 0 Å². The van der Waals surface area contributed by atoms with Crippen molar-refractivity contribution in [3.05, 3.63) is 293 Å². The summed E-state index contributed by atoms with van der Waals surface area (Å²) in [4.78, 5) is 2.48. The van der Waals surface area contributed by atoms with Crippen LogP contribution in [-0.2, 0) is 10.8 Å². The number of benzene rings is 11. The molecule has 15 rings (SSSR count). The number of anilines is 3. The second kappa shape index (κ2) is 14.3. The van der Waals surface area contributed by atoms with E-state index >= 15 is 0 Å². The molecule has 0 amide bonds. The van der Waals surface area contributed by atoms with E-state index in [4.69, 9.17) is 9.47 Å². The summed E-state index contributed by atoms with van der Waals surface area (Å²) in [6.07, 6.45) is 0. The molecule has 2 aliphatic heterocycles. The lowest BCUT2D eigenvalue weighted by atomic mass is 9.66. The van der Waals surface area contributed by atoms with Gasteiger partial charge in [-0.25, -0.2) is 0 Å². The predicted octanol–water partition coefficient (Wildman–Crippen LogP) is 16.9. The van der Waals surface area contributed by atoms with Gasteiger partial charge >= 0.3 is 0 Å². The van der Waals surface area contributed by atoms with Crippen LogP contribution in [0.3, 0.4) is 0 Å². The molecule has 0 saturated carbocycles. The molecule has 322 valence electrons. The van der Waals surface area contributed by atoms with E-state index in [1.54, 1.807) is 0 Å². The third-order valence-corrected chi connectivity index (χ3v) is 15.4. The number of para-hydroxylation sites is 4. The van der Waals surface area contributed by atoms with Crippen molar-refractivity contribution in [3.8, 4) is 56.4 Å². The largest absolute Gasteiger partial charge is 0.457 e. The van der Waals surface area contributed by atoms with Gasteiger partial charge in [-0.2, -0.15) is 0 Å². The maximum absolute atomic E-state index is 6.71. The van der Waals surface area contributed by atoms with Crippen LogP contribution in [0, 0.1) is 0 Å². The van der Waals surface area contributed by atoms with Crippen LogP contribution in [-0.4, -0.2) is 0 Å². The number of rotatable bonds is 4. The lowest BCUT2D eigenvalue weighted by molar-refractivity contribution is 0.436. The molecule has 0 aromatic heterocycles. The lowest BCUT2D eigenvalue weighted by Crippen LogP contribution is -2.32. The summed E-state index contributed by atoms with van der Waals surface area (Å²) in [5, 5.41) is 2.36. The van der Waals surface area contributed by atoms with Crippen molar-refractivity contribution < 1.29 is 9.47 Å². The summed E-state index contributed by atoms with van der Waals surface area (Å²) in [6, 6.07) is 91.0. The summed E-state index contributed by atoms with van der Waals surface area (Å²) in [6.45, 7) is 0. The molecule has 3 heteroatoms. The molecule has 0 N–H and O–H groups in total. The van der Waals surface area contributed by atoms with E-state index in [1.165, 1.54) is 66.4 Å². The third kappa shape index (κ3) is 5.11. The smallest absolute Gasteiger partial charge is 0.132 e. The summed E-state index contributed by atoms with van der Waals surface area (Å²) in [5.74, 6) is 3.55. The van der Waals surface area contributed by atoms with Crippen LogP contribution in [0.25, 0.3) is 44.2 Å². The van der Waals surface area contributed by atoms with E-state index in [-0.39, 0.29) is 0 Å². The first-order valence-corrected chi connectivity index (χ1v) is 23.8. The number of ether oxygens (including phenoxy) is 2. The Balaban J connectivity index is 0.993. The van der Waals surface area contributed by atoms with Gasteiger partial charge < -0.3 is 14.4 Å². The average Bonchev–Trinajstić information content (AvgIpc) is 3.86. The summed E-state index contributed by atoms with van der Waals surface area (Å²) < 4.78 is 13.4. The first-order chi connectivity index (χ1) is 34.2. The van der Waals surface area contributed by atoms with Gasteiger partial charge in [-0.05, 0) is 128 Å². The molecule has 3 nitrogen and oxygen atoms in total. The standard InChI is InChI=1S/C66H41NO2/c1-2-17-42(18-3-1)43-33-36-46(37-34-43)67(59-28-16-27-57-64(59)49-20-5-7-22-52(49)65(57)53-23-8-12-29-60(53)68-61-30-13-9-24-54(61)65)47-38-35-44-40-50-48-19-4-6-21-51(48)66(58(50)41-45(44)39-47)55-25-10-14-31-62(55)69-63-32-15-11-26-56(63)66/h1-41H. The van der Waals surface area contributed by atoms with Crippen LogP contribution in [0.15, 0.2) is 249 Å². The van der Waals surface area contributed by atoms with Crippen LogP contribution in [0.1, 0.15) is 44.5 Å². The fourth-order valence-corrected chi connectivity index (χ4v) is 12.7. The van der Waals surface area contributed by atoms with Gasteiger partial charge in [-0.3, -0.25) is 0 Å². The Kier molecular flexibility index (Phi) is 7.92. The fraction of sp³-hybridized carbons (Fsp3) is 0.0303. The second-order valence-corrected chi connectivity index (χ2v) is 18.7. The quantitative estimate of drug-likeness (QED) is 0.176. The SMILES string of the molecule is c1ccc(-c2ccc(N(c3ccc4cc5c(cc4c3)C3(c4ccccc4Oc4ccccc43)c3ccccc3-5)c3cccc4c3-c3ccccc3C43c4ccccc4Oc4ccccc43)cc2)cc1. The van der Waals surface area contributed by atoms with Crippen LogP contribution in [0.4, 0.5) is 17.1 Å². The Morgan fingerprint density at radius 1 is 0.275 bits per heavy atom. The Hall–Kier alpha value is -8.92. The fourth-order valence-electron chi connectivity index (χ4n) is 12.7. The van der Waals surface area contributed by atoms with Crippen LogP contribution >= 0.6 is 0 Å². The highest BCUT2D eigenvalue weighted by molar-refractivity contribution is 6.02. The third-order valence-electron chi connectivity index (χ3n) is 15.4. The first kappa shape index (κ1) is 38.2. The minimum absolute atomic E-state index is 0.566. The number of hydrogen-bond donors (Lipinski definition) is 0. The number of nitrogens with zero attached hydrogens (tertiary/aromatic N) is 1. The molecule has 2 heterocycles. The monoisotopic (exact) mass is 879 g/mol. The van der Waals surface area contributed by atoms with Crippen molar-refractivity contribution >= 4 is 27.8 Å². The molecule has 2 aliphatic carbocycles. The summed E-state index contributed by atoms with van der Waals surface area (Å²) >= 11 is 0. The van der Waals surface area contributed by atoms with E-state index in [9.17, 15) is 0 Å². The maximum atomic E-state index is 6.71. The van der Waals surface area contributed by atoms with Crippen LogP contribution in [0.5, 0.6) is 23.0 Å². The van der Waals surface area contributed by atoms with Crippen LogP contribution < -0.4 is 14.4 Å². The highest BCUT2D eigenvalue weighted by Gasteiger charge is 2.53. The normalized spacial score (nSPS) is 14.3. The molecule has 0 fully saturated rings. The molecule has 0 bridgehead atoms. The molecule has 4 aliphatic rings. The van der Waals surface area contributed by atoms with E-state index < -0.39 is 10.8 Å². The molecule has 0 saturated heterocycles. The van der Waals surface area contributed by atoms with Crippen molar-refractivity contribution in [2.45, 2.75) is 10.8 Å². The number of hydrogen-bond acceptors (Lipinski definition) is 3. The Labute approximate surface area is 400 Å². The molecule has 11 aromatic carbocycles. The molecule has 2 spiro atoms. The van der Waals surface area contributed by atoms with E-state index in [1.807, 2.05) is 0 Å². The molecule has 69 heavy (non-hydrogen) atoms. The van der Waals surface area contributed by atoms with E-state index in [2.05, 4.69) is 254 Å².